The molecule has 0 aliphatic rings. The number of nitrogens with two attached hydrogens (primary N) is 1. The topological polar surface area (TPSA) is 35.2 Å². The third-order valence-corrected chi connectivity index (χ3v) is 2.95. The zero-order chi connectivity index (χ0) is 11.3. The summed E-state index contributed by atoms with van der Waals surface area (Å²) < 4.78 is 6.76. The van der Waals surface area contributed by atoms with Crippen LogP contribution in [0.25, 0.3) is 0 Å². The SMILES string of the molecule is CCC(C)Oc1ccc(CCN)cc1Br. The van der Waals surface area contributed by atoms with Gasteiger partial charge in [-0.15, -0.1) is 0 Å². The second-order valence-electron chi connectivity index (χ2n) is 3.64. The van der Waals surface area contributed by atoms with E-state index < -0.39 is 0 Å². The van der Waals surface area contributed by atoms with E-state index in [1.165, 1.54) is 5.56 Å². The fourth-order valence-corrected chi connectivity index (χ4v) is 1.78. The third-order valence-electron chi connectivity index (χ3n) is 2.33. The molecular weight excluding hydrogens is 254 g/mol. The van der Waals surface area contributed by atoms with E-state index in [0.717, 1.165) is 23.1 Å². The first-order valence-corrected chi connectivity index (χ1v) is 6.11. The molecule has 1 aromatic rings. The van der Waals surface area contributed by atoms with Gasteiger partial charge in [0.25, 0.3) is 0 Å². The van der Waals surface area contributed by atoms with E-state index >= 15 is 0 Å². The molecule has 84 valence electrons. The van der Waals surface area contributed by atoms with E-state index in [1.54, 1.807) is 0 Å². The number of rotatable bonds is 5. The molecule has 1 atom stereocenters. The van der Waals surface area contributed by atoms with Gasteiger partial charge in [-0.05, 0) is 59.9 Å². The maximum atomic E-state index is 5.75. The van der Waals surface area contributed by atoms with Gasteiger partial charge in [0.2, 0.25) is 0 Å². The number of halogens is 1. The molecule has 1 aromatic carbocycles. The lowest BCUT2D eigenvalue weighted by atomic mass is 10.1. The molecule has 0 heterocycles. The van der Waals surface area contributed by atoms with Crippen LogP contribution >= 0.6 is 15.9 Å². The molecule has 0 aromatic heterocycles. The predicted octanol–water partition coefficient (Wildman–Crippen LogP) is 3.13. The lowest BCUT2D eigenvalue weighted by Gasteiger charge is -2.14. The van der Waals surface area contributed by atoms with Crippen molar-refractivity contribution in [2.75, 3.05) is 6.54 Å². The molecule has 0 amide bonds. The Balaban J connectivity index is 2.74. The van der Waals surface area contributed by atoms with E-state index in [1.807, 2.05) is 6.07 Å². The van der Waals surface area contributed by atoms with Crippen LogP contribution in [0.5, 0.6) is 5.75 Å². The first-order chi connectivity index (χ1) is 7.17. The van der Waals surface area contributed by atoms with Gasteiger partial charge in [-0.25, -0.2) is 0 Å². The monoisotopic (exact) mass is 271 g/mol. The number of hydrogen-bond acceptors (Lipinski definition) is 2. The van der Waals surface area contributed by atoms with Crippen LogP contribution in [-0.2, 0) is 6.42 Å². The van der Waals surface area contributed by atoms with Gasteiger partial charge in [0, 0.05) is 0 Å². The molecule has 0 fully saturated rings. The Bertz CT molecular complexity index is 314. The summed E-state index contributed by atoms with van der Waals surface area (Å²) in [6.45, 7) is 4.86. The summed E-state index contributed by atoms with van der Waals surface area (Å²) in [6.07, 6.45) is 2.17. The first kappa shape index (κ1) is 12.5. The molecule has 1 rings (SSSR count). The van der Waals surface area contributed by atoms with E-state index in [4.69, 9.17) is 10.5 Å². The largest absolute Gasteiger partial charge is 0.490 e. The van der Waals surface area contributed by atoms with E-state index in [2.05, 4.69) is 41.9 Å². The van der Waals surface area contributed by atoms with Gasteiger partial charge in [0.05, 0.1) is 10.6 Å². The Morgan fingerprint density at radius 3 is 2.73 bits per heavy atom. The number of benzene rings is 1. The molecule has 0 aliphatic heterocycles. The second kappa shape index (κ2) is 6.13. The summed E-state index contributed by atoms with van der Waals surface area (Å²) in [5, 5.41) is 0. The minimum Gasteiger partial charge on any atom is -0.490 e. The average molecular weight is 272 g/mol. The first-order valence-electron chi connectivity index (χ1n) is 5.32. The van der Waals surface area contributed by atoms with Crippen LogP contribution in [0.1, 0.15) is 25.8 Å². The van der Waals surface area contributed by atoms with E-state index in [9.17, 15) is 0 Å². The summed E-state index contributed by atoms with van der Waals surface area (Å²) in [7, 11) is 0. The third kappa shape index (κ3) is 3.84. The number of ether oxygens (including phenoxy) is 1. The van der Waals surface area contributed by atoms with Crippen LogP contribution in [0.2, 0.25) is 0 Å². The van der Waals surface area contributed by atoms with Crippen molar-refractivity contribution in [1.29, 1.82) is 0 Å². The second-order valence-corrected chi connectivity index (χ2v) is 4.49. The summed E-state index contributed by atoms with van der Waals surface area (Å²) in [5.41, 5.74) is 6.74. The molecule has 0 radical (unpaired) electrons. The molecule has 0 spiro atoms. The summed E-state index contributed by atoms with van der Waals surface area (Å²) >= 11 is 3.51. The average Bonchev–Trinajstić information content (AvgIpc) is 2.22. The minimum atomic E-state index is 0.252. The zero-order valence-electron chi connectivity index (χ0n) is 9.29. The molecule has 2 N–H and O–H groups in total. The number of hydrogen-bond donors (Lipinski definition) is 1. The molecule has 0 aliphatic carbocycles. The van der Waals surface area contributed by atoms with Crippen LogP contribution in [0.4, 0.5) is 0 Å². The summed E-state index contributed by atoms with van der Waals surface area (Å²) in [5.74, 6) is 0.908. The maximum Gasteiger partial charge on any atom is 0.133 e. The molecule has 0 saturated heterocycles. The van der Waals surface area contributed by atoms with Crippen molar-refractivity contribution in [2.45, 2.75) is 32.8 Å². The Hall–Kier alpha value is -0.540. The molecule has 1 unspecified atom stereocenters. The highest BCUT2D eigenvalue weighted by molar-refractivity contribution is 9.10. The van der Waals surface area contributed by atoms with Crippen molar-refractivity contribution in [3.63, 3.8) is 0 Å². The lowest BCUT2D eigenvalue weighted by Crippen LogP contribution is -2.10. The van der Waals surface area contributed by atoms with Crippen molar-refractivity contribution >= 4 is 15.9 Å². The minimum absolute atomic E-state index is 0.252. The standard InChI is InChI=1S/C12H18BrNO/c1-3-9(2)15-12-5-4-10(6-7-14)8-11(12)13/h4-5,8-9H,3,6-7,14H2,1-2H3. The van der Waals surface area contributed by atoms with Crippen molar-refractivity contribution in [3.05, 3.63) is 28.2 Å². The molecule has 15 heavy (non-hydrogen) atoms. The van der Waals surface area contributed by atoms with Gasteiger partial charge in [-0.3, -0.25) is 0 Å². The Labute approximate surface area is 99.9 Å². The van der Waals surface area contributed by atoms with Gasteiger partial charge in [-0.2, -0.15) is 0 Å². The molecule has 0 bridgehead atoms. The van der Waals surface area contributed by atoms with Crippen molar-refractivity contribution in [2.24, 2.45) is 5.73 Å². The summed E-state index contributed by atoms with van der Waals surface area (Å²) in [6, 6.07) is 6.14. The van der Waals surface area contributed by atoms with E-state index in [0.29, 0.717) is 6.54 Å². The van der Waals surface area contributed by atoms with Crippen LogP contribution in [0.15, 0.2) is 22.7 Å². The van der Waals surface area contributed by atoms with Crippen molar-refractivity contribution < 1.29 is 4.74 Å². The zero-order valence-corrected chi connectivity index (χ0v) is 10.9. The highest BCUT2D eigenvalue weighted by Gasteiger charge is 2.05. The van der Waals surface area contributed by atoms with Crippen molar-refractivity contribution in [3.8, 4) is 5.75 Å². The van der Waals surface area contributed by atoms with Crippen LogP contribution in [0.3, 0.4) is 0 Å². The van der Waals surface area contributed by atoms with Crippen LogP contribution < -0.4 is 10.5 Å². The van der Waals surface area contributed by atoms with E-state index in [-0.39, 0.29) is 6.10 Å². The van der Waals surface area contributed by atoms with Gasteiger partial charge >= 0.3 is 0 Å². The molecule has 2 nitrogen and oxygen atoms in total. The fourth-order valence-electron chi connectivity index (χ4n) is 1.26. The Morgan fingerprint density at radius 2 is 2.20 bits per heavy atom. The maximum absolute atomic E-state index is 5.75. The lowest BCUT2D eigenvalue weighted by molar-refractivity contribution is 0.216. The van der Waals surface area contributed by atoms with Gasteiger partial charge in [0.1, 0.15) is 5.75 Å². The Kier molecular flexibility index (Phi) is 5.12. The van der Waals surface area contributed by atoms with Gasteiger partial charge < -0.3 is 10.5 Å². The van der Waals surface area contributed by atoms with Gasteiger partial charge in [-0.1, -0.05) is 13.0 Å². The Morgan fingerprint density at radius 1 is 1.47 bits per heavy atom. The molecular formula is C12H18BrNO. The predicted molar refractivity (Wildman–Crippen MR) is 67.3 cm³/mol. The van der Waals surface area contributed by atoms with Crippen LogP contribution in [-0.4, -0.2) is 12.6 Å². The fraction of sp³-hybridized carbons (Fsp3) is 0.500. The van der Waals surface area contributed by atoms with Crippen LogP contribution in [0, 0.1) is 0 Å². The highest BCUT2D eigenvalue weighted by Crippen LogP contribution is 2.27. The normalized spacial score (nSPS) is 12.5. The summed E-state index contributed by atoms with van der Waals surface area (Å²) in [4.78, 5) is 0. The van der Waals surface area contributed by atoms with Crippen molar-refractivity contribution in [1.82, 2.24) is 0 Å². The highest BCUT2D eigenvalue weighted by atomic mass is 79.9. The molecule has 3 heteroatoms. The molecule has 0 saturated carbocycles. The smallest absolute Gasteiger partial charge is 0.133 e. The van der Waals surface area contributed by atoms with Gasteiger partial charge in [0.15, 0.2) is 0 Å². The quantitative estimate of drug-likeness (QED) is 0.893.